The lowest BCUT2D eigenvalue weighted by Crippen LogP contribution is -2.20. The molecule has 0 aliphatic rings. The van der Waals surface area contributed by atoms with Crippen molar-refractivity contribution >= 4 is 37.8 Å². The maximum Gasteiger partial charge on any atom is 0.219 e. The van der Waals surface area contributed by atoms with Gasteiger partial charge in [-0.1, -0.05) is 42.5 Å². The quantitative estimate of drug-likeness (QED) is 0.160. The molecule has 6 aromatic rings. The molecule has 0 saturated carbocycles. The number of rotatable bonds is 5. The van der Waals surface area contributed by atoms with Crippen molar-refractivity contribution in [3.05, 3.63) is 85.2 Å². The van der Waals surface area contributed by atoms with Crippen molar-refractivity contribution in [2.75, 3.05) is 28.4 Å². The van der Waals surface area contributed by atoms with Crippen molar-refractivity contribution in [3.8, 4) is 34.1 Å². The minimum atomic E-state index is 0.699. The molecule has 0 bridgehead atoms. The maximum atomic E-state index is 5.96. The summed E-state index contributed by atoms with van der Waals surface area (Å²) in [6.07, 6.45) is 4.16. The van der Waals surface area contributed by atoms with E-state index in [1.807, 2.05) is 18.3 Å². The second kappa shape index (κ2) is 8.61. The van der Waals surface area contributed by atoms with E-state index in [0.717, 1.165) is 49.3 Å². The summed E-state index contributed by atoms with van der Waals surface area (Å²) in [5.41, 5.74) is 3.13. The molecule has 36 heavy (non-hydrogen) atoms. The number of methoxy groups -OCH3 is 4. The lowest BCUT2D eigenvalue weighted by atomic mass is 9.94. The maximum absolute atomic E-state index is 5.96. The number of hydrogen-bond donors (Lipinski definition) is 0. The first-order valence-corrected chi connectivity index (χ1v) is 11.7. The van der Waals surface area contributed by atoms with Gasteiger partial charge in [0.25, 0.3) is 0 Å². The SMILES string of the molecule is COc1cc2cc3c4cc(-c5cccc6ccccc56)c(OC)c(OC)c4cc[n+]3cc2cc1OC. The second-order valence-electron chi connectivity index (χ2n) is 8.70. The van der Waals surface area contributed by atoms with Crippen LogP contribution in [0.15, 0.2) is 85.2 Å². The van der Waals surface area contributed by atoms with Crippen LogP contribution in [0.2, 0.25) is 0 Å². The standard InChI is InChI=1S/C31H26NO4/c1-33-28-15-20-14-27-25-17-26(23-11-7-9-19-8-5-6-10-22(19)23)31(36-4)30(35-3)24(25)12-13-32(27)18-21(20)16-29(28)34-2/h5-18H,1-4H3/q+1. The van der Waals surface area contributed by atoms with Crippen LogP contribution in [-0.2, 0) is 0 Å². The molecule has 0 fully saturated rings. The number of aromatic nitrogens is 1. The molecule has 0 N–H and O–H groups in total. The van der Waals surface area contributed by atoms with Gasteiger partial charge in [0.05, 0.1) is 39.2 Å². The fraction of sp³-hybridized carbons (Fsp3) is 0.129. The zero-order chi connectivity index (χ0) is 24.8. The first kappa shape index (κ1) is 22.0. The summed E-state index contributed by atoms with van der Waals surface area (Å²) in [7, 11) is 6.70. The van der Waals surface area contributed by atoms with Crippen LogP contribution in [0.25, 0.3) is 49.0 Å². The summed E-state index contributed by atoms with van der Waals surface area (Å²) >= 11 is 0. The summed E-state index contributed by atoms with van der Waals surface area (Å²) in [5.74, 6) is 2.84. The van der Waals surface area contributed by atoms with Crippen LogP contribution in [0, 0.1) is 0 Å². The molecule has 178 valence electrons. The Balaban J connectivity index is 1.73. The van der Waals surface area contributed by atoms with Gasteiger partial charge in [0.15, 0.2) is 35.4 Å². The van der Waals surface area contributed by atoms with Crippen LogP contribution in [0.1, 0.15) is 0 Å². The van der Waals surface area contributed by atoms with Gasteiger partial charge in [-0.05, 0) is 39.9 Å². The molecule has 0 atom stereocenters. The molecule has 0 spiro atoms. The van der Waals surface area contributed by atoms with Crippen LogP contribution in [0.3, 0.4) is 0 Å². The fourth-order valence-corrected chi connectivity index (χ4v) is 5.18. The van der Waals surface area contributed by atoms with Gasteiger partial charge < -0.3 is 18.9 Å². The number of hydrogen-bond acceptors (Lipinski definition) is 4. The molecule has 5 nitrogen and oxygen atoms in total. The smallest absolute Gasteiger partial charge is 0.219 e. The molecule has 0 aliphatic heterocycles. The van der Waals surface area contributed by atoms with Gasteiger partial charge in [0.1, 0.15) is 0 Å². The largest absolute Gasteiger partial charge is 0.493 e. The highest BCUT2D eigenvalue weighted by atomic mass is 16.5. The van der Waals surface area contributed by atoms with E-state index in [1.54, 1.807) is 28.4 Å². The molecule has 0 unspecified atom stereocenters. The molecule has 2 heterocycles. The average molecular weight is 477 g/mol. The molecule has 0 aliphatic carbocycles. The molecule has 5 heteroatoms. The summed E-state index contributed by atoms with van der Waals surface area (Å²) < 4.78 is 25.1. The number of fused-ring (bicyclic) bond motifs is 5. The molecule has 6 rings (SSSR count). The predicted octanol–water partition coefficient (Wildman–Crippen LogP) is 6.59. The minimum absolute atomic E-state index is 0.699. The zero-order valence-corrected chi connectivity index (χ0v) is 20.7. The van der Waals surface area contributed by atoms with Crippen molar-refractivity contribution in [3.63, 3.8) is 0 Å². The van der Waals surface area contributed by atoms with E-state index in [1.165, 1.54) is 5.39 Å². The van der Waals surface area contributed by atoms with E-state index in [2.05, 4.69) is 71.3 Å². The van der Waals surface area contributed by atoms with Crippen molar-refractivity contribution in [2.45, 2.75) is 0 Å². The Morgan fingerprint density at radius 2 is 1.25 bits per heavy atom. The normalized spacial score (nSPS) is 11.3. The number of benzene rings is 4. The van der Waals surface area contributed by atoms with Crippen molar-refractivity contribution < 1.29 is 23.3 Å². The average Bonchev–Trinajstić information content (AvgIpc) is 2.93. The Morgan fingerprint density at radius 3 is 2.00 bits per heavy atom. The van der Waals surface area contributed by atoms with Crippen LogP contribution >= 0.6 is 0 Å². The van der Waals surface area contributed by atoms with Gasteiger partial charge in [0, 0.05) is 23.1 Å². The van der Waals surface area contributed by atoms with Gasteiger partial charge in [-0.2, -0.15) is 4.40 Å². The van der Waals surface area contributed by atoms with Crippen LogP contribution < -0.4 is 23.3 Å². The third kappa shape index (κ3) is 3.28. The van der Waals surface area contributed by atoms with E-state index < -0.39 is 0 Å². The number of pyridine rings is 2. The van der Waals surface area contributed by atoms with E-state index in [4.69, 9.17) is 18.9 Å². The van der Waals surface area contributed by atoms with Crippen molar-refractivity contribution in [1.29, 1.82) is 0 Å². The van der Waals surface area contributed by atoms with Gasteiger partial charge >= 0.3 is 0 Å². The van der Waals surface area contributed by atoms with Crippen LogP contribution in [0.4, 0.5) is 0 Å². The van der Waals surface area contributed by atoms with E-state index in [9.17, 15) is 0 Å². The Kier molecular flexibility index (Phi) is 5.26. The third-order valence-electron chi connectivity index (χ3n) is 6.88. The van der Waals surface area contributed by atoms with Gasteiger partial charge in [-0.3, -0.25) is 0 Å². The van der Waals surface area contributed by atoms with Crippen molar-refractivity contribution in [2.24, 2.45) is 0 Å². The van der Waals surface area contributed by atoms with Gasteiger partial charge in [-0.25, -0.2) is 0 Å². The molecule has 0 radical (unpaired) electrons. The Labute approximate surface area is 209 Å². The topological polar surface area (TPSA) is 41.0 Å². The Bertz CT molecular complexity index is 1790. The van der Waals surface area contributed by atoms with E-state index in [0.29, 0.717) is 17.2 Å². The monoisotopic (exact) mass is 476 g/mol. The van der Waals surface area contributed by atoms with Gasteiger partial charge in [-0.15, -0.1) is 0 Å². The highest BCUT2D eigenvalue weighted by Gasteiger charge is 2.22. The van der Waals surface area contributed by atoms with Crippen molar-refractivity contribution in [1.82, 2.24) is 0 Å². The summed E-state index contributed by atoms with van der Waals surface area (Å²) in [6, 6.07) is 25.2. The summed E-state index contributed by atoms with van der Waals surface area (Å²) in [5, 5.41) is 6.50. The molecular weight excluding hydrogens is 450 g/mol. The third-order valence-corrected chi connectivity index (χ3v) is 6.88. The highest BCUT2D eigenvalue weighted by Crippen LogP contribution is 2.46. The van der Waals surface area contributed by atoms with E-state index in [-0.39, 0.29) is 0 Å². The molecule has 0 saturated heterocycles. The molecule has 4 aromatic carbocycles. The number of ether oxygens (including phenoxy) is 4. The Hall–Kier alpha value is -4.51. The minimum Gasteiger partial charge on any atom is -0.493 e. The number of nitrogens with zero attached hydrogens (tertiary/aromatic N) is 1. The molecule has 0 amide bonds. The van der Waals surface area contributed by atoms with Crippen LogP contribution in [-0.4, -0.2) is 28.4 Å². The highest BCUT2D eigenvalue weighted by molar-refractivity contribution is 6.08. The summed E-state index contributed by atoms with van der Waals surface area (Å²) in [6.45, 7) is 0. The van der Waals surface area contributed by atoms with Gasteiger partial charge in [0.2, 0.25) is 5.52 Å². The second-order valence-corrected chi connectivity index (χ2v) is 8.70. The molecular formula is C31H26NO4+. The zero-order valence-electron chi connectivity index (χ0n) is 20.7. The lowest BCUT2D eigenvalue weighted by molar-refractivity contribution is -0.509. The Morgan fingerprint density at radius 1 is 0.528 bits per heavy atom. The first-order valence-electron chi connectivity index (χ1n) is 11.7. The first-order chi connectivity index (χ1) is 17.7. The lowest BCUT2D eigenvalue weighted by Gasteiger charge is -2.17. The molecule has 2 aromatic heterocycles. The predicted molar refractivity (Wildman–Crippen MR) is 144 cm³/mol. The fourth-order valence-electron chi connectivity index (χ4n) is 5.18. The van der Waals surface area contributed by atoms with E-state index >= 15 is 0 Å². The van der Waals surface area contributed by atoms with Crippen LogP contribution in [0.5, 0.6) is 23.0 Å². The summed E-state index contributed by atoms with van der Waals surface area (Å²) in [4.78, 5) is 0.